The summed E-state index contributed by atoms with van der Waals surface area (Å²) in [7, 11) is 3.33. The molecule has 1 atom stereocenters. The van der Waals surface area contributed by atoms with Crippen LogP contribution in [0.1, 0.15) is 55.8 Å². The summed E-state index contributed by atoms with van der Waals surface area (Å²) >= 11 is 0. The number of amides is 1. The SMILES string of the molecule is COc1ccc(CN2CCC([C@@H](NC(=O)C3CCCC3)c3ccccn3)CC2)cc1OC. The topological polar surface area (TPSA) is 63.7 Å². The highest BCUT2D eigenvalue weighted by atomic mass is 16.5. The third-order valence-electron chi connectivity index (χ3n) is 6.99. The molecule has 2 heterocycles. The summed E-state index contributed by atoms with van der Waals surface area (Å²) in [5.74, 6) is 2.31. The lowest BCUT2D eigenvalue weighted by Gasteiger charge is -2.36. The van der Waals surface area contributed by atoms with Crippen molar-refractivity contribution in [3.8, 4) is 11.5 Å². The van der Waals surface area contributed by atoms with Crippen molar-refractivity contribution >= 4 is 5.91 Å². The minimum Gasteiger partial charge on any atom is -0.493 e. The number of piperidine rings is 1. The molecule has 6 heteroatoms. The lowest BCUT2D eigenvalue weighted by Crippen LogP contribution is -2.42. The molecule has 1 aromatic carbocycles. The highest BCUT2D eigenvalue weighted by Gasteiger charge is 2.32. The first-order chi connectivity index (χ1) is 15.7. The van der Waals surface area contributed by atoms with E-state index in [0.717, 1.165) is 62.5 Å². The van der Waals surface area contributed by atoms with Gasteiger partial charge in [0.15, 0.2) is 11.5 Å². The van der Waals surface area contributed by atoms with Gasteiger partial charge in [0.1, 0.15) is 0 Å². The summed E-state index contributed by atoms with van der Waals surface area (Å²) in [4.78, 5) is 20.0. The minimum atomic E-state index is -0.00692. The normalized spacial score (nSPS) is 18.9. The second kappa shape index (κ2) is 10.8. The zero-order valence-corrected chi connectivity index (χ0v) is 19.3. The van der Waals surface area contributed by atoms with Crippen LogP contribution in [-0.4, -0.2) is 43.1 Å². The lowest BCUT2D eigenvalue weighted by molar-refractivity contribution is -0.126. The number of likely N-dealkylation sites (tertiary alicyclic amines) is 1. The summed E-state index contributed by atoms with van der Waals surface area (Å²) < 4.78 is 10.8. The van der Waals surface area contributed by atoms with Gasteiger partial charge in [-0.3, -0.25) is 14.7 Å². The number of carbonyl (C=O) groups is 1. The number of ether oxygens (including phenoxy) is 2. The standard InChI is InChI=1S/C26H35N3O3/c1-31-23-11-10-19(17-24(23)32-2)18-29-15-12-20(13-16-29)25(22-9-5-6-14-27-22)28-26(30)21-7-3-4-8-21/h5-6,9-11,14,17,20-21,25H,3-4,7-8,12-13,15-16,18H2,1-2H3,(H,28,30)/t25-/m1/s1. The monoisotopic (exact) mass is 437 g/mol. The molecular weight excluding hydrogens is 402 g/mol. The van der Waals surface area contributed by atoms with Crippen molar-refractivity contribution in [2.75, 3.05) is 27.3 Å². The van der Waals surface area contributed by atoms with Gasteiger partial charge in [-0.25, -0.2) is 0 Å². The number of nitrogens with one attached hydrogen (secondary N) is 1. The van der Waals surface area contributed by atoms with E-state index in [2.05, 4.69) is 33.4 Å². The predicted octanol–water partition coefficient (Wildman–Crippen LogP) is 4.36. The lowest BCUT2D eigenvalue weighted by atomic mass is 9.86. The maximum Gasteiger partial charge on any atom is 0.223 e. The van der Waals surface area contributed by atoms with Gasteiger partial charge >= 0.3 is 0 Å². The molecule has 0 bridgehead atoms. The molecule has 172 valence electrons. The fraction of sp³-hybridized carbons (Fsp3) is 0.538. The molecule has 2 aliphatic rings. The zero-order valence-electron chi connectivity index (χ0n) is 19.3. The fourth-order valence-corrected chi connectivity index (χ4v) is 5.13. The first-order valence-electron chi connectivity index (χ1n) is 11.8. The van der Waals surface area contributed by atoms with Gasteiger partial charge < -0.3 is 14.8 Å². The number of carbonyl (C=O) groups excluding carboxylic acids is 1. The van der Waals surface area contributed by atoms with Gasteiger partial charge in [-0.05, 0) is 74.5 Å². The molecule has 1 N–H and O–H groups in total. The Morgan fingerprint density at radius 1 is 1.06 bits per heavy atom. The number of methoxy groups -OCH3 is 2. The van der Waals surface area contributed by atoms with Crippen LogP contribution in [0.5, 0.6) is 11.5 Å². The Labute approximate surface area is 191 Å². The van der Waals surface area contributed by atoms with Gasteiger partial charge in [0.05, 0.1) is 26.0 Å². The first kappa shape index (κ1) is 22.6. The van der Waals surface area contributed by atoms with Gasteiger partial charge in [-0.2, -0.15) is 0 Å². The van der Waals surface area contributed by atoms with Gasteiger partial charge in [0, 0.05) is 18.7 Å². The Morgan fingerprint density at radius 3 is 2.47 bits per heavy atom. The van der Waals surface area contributed by atoms with Crippen LogP contribution in [0, 0.1) is 11.8 Å². The Kier molecular flexibility index (Phi) is 7.63. The van der Waals surface area contributed by atoms with Gasteiger partial charge in [-0.15, -0.1) is 0 Å². The Hall–Kier alpha value is -2.60. The maximum atomic E-state index is 12.9. The molecule has 1 saturated carbocycles. The number of pyridine rings is 1. The van der Waals surface area contributed by atoms with Crippen LogP contribution in [0.25, 0.3) is 0 Å². The Balaban J connectivity index is 1.39. The van der Waals surface area contributed by atoms with Gasteiger partial charge in [-0.1, -0.05) is 25.0 Å². The van der Waals surface area contributed by atoms with E-state index in [4.69, 9.17) is 9.47 Å². The second-order valence-electron chi connectivity index (χ2n) is 9.03. The van der Waals surface area contributed by atoms with Crippen molar-refractivity contribution in [1.82, 2.24) is 15.2 Å². The summed E-state index contributed by atoms with van der Waals surface area (Å²) in [6.07, 6.45) is 8.28. The molecular formula is C26H35N3O3. The third-order valence-corrected chi connectivity index (χ3v) is 6.99. The van der Waals surface area contributed by atoms with Crippen LogP contribution in [0.4, 0.5) is 0 Å². The number of nitrogens with zero attached hydrogens (tertiary/aromatic N) is 2. The smallest absolute Gasteiger partial charge is 0.223 e. The summed E-state index contributed by atoms with van der Waals surface area (Å²) in [5, 5.41) is 3.39. The second-order valence-corrected chi connectivity index (χ2v) is 9.03. The molecule has 4 rings (SSSR count). The average molecular weight is 438 g/mol. The van der Waals surface area contributed by atoms with E-state index in [9.17, 15) is 4.79 Å². The molecule has 1 aromatic heterocycles. The quantitative estimate of drug-likeness (QED) is 0.665. The largest absolute Gasteiger partial charge is 0.493 e. The van der Waals surface area contributed by atoms with Crippen molar-refractivity contribution in [2.24, 2.45) is 11.8 Å². The number of aromatic nitrogens is 1. The zero-order chi connectivity index (χ0) is 22.3. The molecule has 0 unspecified atom stereocenters. The molecule has 32 heavy (non-hydrogen) atoms. The molecule has 2 aromatic rings. The Bertz CT molecular complexity index is 875. The van der Waals surface area contributed by atoms with Gasteiger partial charge in [0.2, 0.25) is 5.91 Å². The van der Waals surface area contributed by atoms with Crippen LogP contribution >= 0.6 is 0 Å². The number of benzene rings is 1. The van der Waals surface area contributed by atoms with Crippen molar-refractivity contribution in [3.63, 3.8) is 0 Å². The average Bonchev–Trinajstić information content (AvgIpc) is 3.39. The van der Waals surface area contributed by atoms with Crippen LogP contribution in [0.3, 0.4) is 0 Å². The highest BCUT2D eigenvalue weighted by molar-refractivity contribution is 5.79. The van der Waals surface area contributed by atoms with Gasteiger partial charge in [0.25, 0.3) is 0 Å². The van der Waals surface area contributed by atoms with E-state index >= 15 is 0 Å². The summed E-state index contributed by atoms with van der Waals surface area (Å²) in [5.41, 5.74) is 2.20. The number of hydrogen-bond donors (Lipinski definition) is 1. The van der Waals surface area contributed by atoms with E-state index in [1.807, 2.05) is 24.4 Å². The van der Waals surface area contributed by atoms with Crippen LogP contribution in [-0.2, 0) is 11.3 Å². The number of rotatable bonds is 8. The minimum absolute atomic E-state index is 0.00692. The first-order valence-corrected chi connectivity index (χ1v) is 11.8. The number of hydrogen-bond acceptors (Lipinski definition) is 5. The molecule has 6 nitrogen and oxygen atoms in total. The van der Waals surface area contributed by atoms with Crippen LogP contribution in [0.2, 0.25) is 0 Å². The van der Waals surface area contributed by atoms with Crippen molar-refractivity contribution in [1.29, 1.82) is 0 Å². The maximum absolute atomic E-state index is 12.9. The Morgan fingerprint density at radius 2 is 1.81 bits per heavy atom. The molecule has 1 aliphatic heterocycles. The van der Waals surface area contributed by atoms with Crippen molar-refractivity contribution < 1.29 is 14.3 Å². The van der Waals surface area contributed by atoms with Crippen molar-refractivity contribution in [3.05, 3.63) is 53.9 Å². The molecule has 0 spiro atoms. The third kappa shape index (κ3) is 5.41. The van der Waals surface area contributed by atoms with Crippen LogP contribution in [0.15, 0.2) is 42.6 Å². The molecule has 1 saturated heterocycles. The molecule has 1 amide bonds. The van der Waals surface area contributed by atoms with E-state index in [1.165, 1.54) is 18.4 Å². The van der Waals surface area contributed by atoms with E-state index in [1.54, 1.807) is 14.2 Å². The summed E-state index contributed by atoms with van der Waals surface area (Å²) in [6, 6.07) is 12.1. The van der Waals surface area contributed by atoms with Crippen LogP contribution < -0.4 is 14.8 Å². The van der Waals surface area contributed by atoms with E-state index < -0.39 is 0 Å². The van der Waals surface area contributed by atoms with E-state index in [0.29, 0.717) is 5.92 Å². The molecule has 2 fully saturated rings. The predicted molar refractivity (Wildman–Crippen MR) is 125 cm³/mol. The highest BCUT2D eigenvalue weighted by Crippen LogP contribution is 2.33. The van der Waals surface area contributed by atoms with Crippen molar-refractivity contribution in [2.45, 2.75) is 51.1 Å². The van der Waals surface area contributed by atoms with E-state index in [-0.39, 0.29) is 17.9 Å². The molecule has 0 radical (unpaired) electrons. The fourth-order valence-electron chi connectivity index (χ4n) is 5.13. The molecule has 1 aliphatic carbocycles. The summed E-state index contributed by atoms with van der Waals surface area (Å²) in [6.45, 7) is 2.89.